The highest BCUT2D eigenvalue weighted by Gasteiger charge is 2.43. The predicted octanol–water partition coefficient (Wildman–Crippen LogP) is 1.60. The molecule has 0 amide bonds. The average Bonchev–Trinajstić information content (AvgIpc) is 2.92. The molecule has 2 unspecified atom stereocenters. The van der Waals surface area contributed by atoms with E-state index in [0.29, 0.717) is 24.9 Å². The highest BCUT2D eigenvalue weighted by atomic mass is 19.4. The maximum atomic E-state index is 12.3. The van der Waals surface area contributed by atoms with Gasteiger partial charge in [-0.3, -0.25) is 9.80 Å². The first-order chi connectivity index (χ1) is 8.99. The molecule has 3 rings (SSSR count). The van der Waals surface area contributed by atoms with Crippen molar-refractivity contribution < 1.29 is 17.6 Å². The number of aromatic nitrogens is 1. The van der Waals surface area contributed by atoms with Gasteiger partial charge in [0.05, 0.1) is 12.2 Å². The zero-order valence-corrected chi connectivity index (χ0v) is 10.4. The average molecular weight is 275 g/mol. The monoisotopic (exact) mass is 275 g/mol. The number of fused-ring (bicyclic) bond motifs is 1. The molecular formula is C12H16F3N3O. The van der Waals surface area contributed by atoms with E-state index in [2.05, 4.69) is 9.88 Å². The molecule has 2 aliphatic rings. The Morgan fingerprint density at radius 3 is 2.32 bits per heavy atom. The van der Waals surface area contributed by atoms with Gasteiger partial charge >= 0.3 is 6.18 Å². The fraction of sp³-hybridized carbons (Fsp3) is 0.750. The summed E-state index contributed by atoms with van der Waals surface area (Å²) >= 11 is 0. The lowest BCUT2D eigenvalue weighted by molar-refractivity contribution is -0.144. The lowest BCUT2D eigenvalue weighted by Crippen LogP contribution is -2.35. The molecule has 0 radical (unpaired) electrons. The standard InChI is InChI=1S/C12H16F3N3O/c13-12(14,15)7-18-3-9-1-17(2-10(9)4-18)5-11-6-19-8-16-11/h6,8-10H,1-5,7H2. The van der Waals surface area contributed by atoms with Crippen molar-refractivity contribution in [2.75, 3.05) is 32.7 Å². The molecule has 2 atom stereocenters. The minimum absolute atomic E-state index is 0.356. The van der Waals surface area contributed by atoms with Crippen LogP contribution in [-0.4, -0.2) is 53.7 Å². The summed E-state index contributed by atoms with van der Waals surface area (Å²) in [5.74, 6) is 0.712. The Morgan fingerprint density at radius 2 is 1.79 bits per heavy atom. The largest absolute Gasteiger partial charge is 0.451 e. The number of halogens is 3. The van der Waals surface area contributed by atoms with Crippen molar-refractivity contribution >= 4 is 0 Å². The Bertz CT molecular complexity index is 406. The fourth-order valence-electron chi connectivity index (χ4n) is 3.24. The summed E-state index contributed by atoms with van der Waals surface area (Å²) in [5, 5.41) is 0. The molecule has 0 N–H and O–H groups in total. The third kappa shape index (κ3) is 3.09. The smallest absolute Gasteiger partial charge is 0.401 e. The van der Waals surface area contributed by atoms with E-state index in [4.69, 9.17) is 4.42 Å². The second-order valence-electron chi connectivity index (χ2n) is 5.50. The Balaban J connectivity index is 1.50. The van der Waals surface area contributed by atoms with Crippen LogP contribution in [0.1, 0.15) is 5.69 Å². The van der Waals surface area contributed by atoms with E-state index in [-0.39, 0.29) is 0 Å². The van der Waals surface area contributed by atoms with Crippen LogP contribution in [0.25, 0.3) is 0 Å². The van der Waals surface area contributed by atoms with Crippen molar-refractivity contribution in [2.24, 2.45) is 11.8 Å². The molecule has 1 aromatic heterocycles. The van der Waals surface area contributed by atoms with Crippen molar-refractivity contribution in [3.05, 3.63) is 18.4 Å². The SMILES string of the molecule is FC(F)(F)CN1CC2CN(Cc3cocn3)CC2C1. The van der Waals surface area contributed by atoms with E-state index in [1.807, 2.05) is 0 Å². The van der Waals surface area contributed by atoms with Gasteiger partial charge in [-0.15, -0.1) is 0 Å². The van der Waals surface area contributed by atoms with Gasteiger partial charge in [0.25, 0.3) is 0 Å². The van der Waals surface area contributed by atoms with Crippen LogP contribution in [0.4, 0.5) is 13.2 Å². The molecule has 2 aliphatic heterocycles. The second kappa shape index (κ2) is 4.79. The van der Waals surface area contributed by atoms with Gasteiger partial charge in [0.15, 0.2) is 6.39 Å². The van der Waals surface area contributed by atoms with Gasteiger partial charge in [-0.05, 0) is 11.8 Å². The zero-order chi connectivity index (χ0) is 13.5. The van der Waals surface area contributed by atoms with Gasteiger partial charge in [0, 0.05) is 32.7 Å². The van der Waals surface area contributed by atoms with Crippen molar-refractivity contribution in [2.45, 2.75) is 12.7 Å². The van der Waals surface area contributed by atoms with Crippen LogP contribution in [0.2, 0.25) is 0 Å². The zero-order valence-electron chi connectivity index (χ0n) is 10.4. The second-order valence-corrected chi connectivity index (χ2v) is 5.50. The lowest BCUT2D eigenvalue weighted by atomic mass is 10.0. The molecule has 19 heavy (non-hydrogen) atoms. The summed E-state index contributed by atoms with van der Waals surface area (Å²) in [7, 11) is 0. The van der Waals surface area contributed by atoms with Gasteiger partial charge < -0.3 is 4.42 Å². The number of nitrogens with zero attached hydrogens (tertiary/aromatic N) is 3. The van der Waals surface area contributed by atoms with E-state index in [1.165, 1.54) is 11.3 Å². The van der Waals surface area contributed by atoms with E-state index in [0.717, 1.165) is 25.3 Å². The number of hydrogen-bond donors (Lipinski definition) is 0. The number of oxazole rings is 1. The molecule has 7 heteroatoms. The van der Waals surface area contributed by atoms with Crippen LogP contribution in [0.3, 0.4) is 0 Å². The fourth-order valence-corrected chi connectivity index (χ4v) is 3.24. The first kappa shape index (κ1) is 12.9. The Hall–Kier alpha value is -1.08. The quantitative estimate of drug-likeness (QED) is 0.839. The molecule has 0 aliphatic carbocycles. The summed E-state index contributed by atoms with van der Waals surface area (Å²) in [6.45, 7) is 2.77. The van der Waals surface area contributed by atoms with Gasteiger partial charge in [-0.2, -0.15) is 13.2 Å². The number of alkyl halides is 3. The van der Waals surface area contributed by atoms with E-state index in [9.17, 15) is 13.2 Å². The molecule has 2 saturated heterocycles. The first-order valence-corrected chi connectivity index (χ1v) is 6.38. The summed E-state index contributed by atoms with van der Waals surface area (Å²) < 4.78 is 41.9. The van der Waals surface area contributed by atoms with Gasteiger partial charge in [-0.1, -0.05) is 0 Å². The third-order valence-electron chi connectivity index (χ3n) is 3.91. The topological polar surface area (TPSA) is 32.5 Å². The number of rotatable bonds is 3. The molecule has 0 bridgehead atoms. The molecule has 106 valence electrons. The Kier molecular flexibility index (Phi) is 3.26. The summed E-state index contributed by atoms with van der Waals surface area (Å²) in [6, 6.07) is 0. The molecule has 4 nitrogen and oxygen atoms in total. The molecular weight excluding hydrogens is 259 g/mol. The van der Waals surface area contributed by atoms with Crippen molar-refractivity contribution in [3.63, 3.8) is 0 Å². The van der Waals surface area contributed by atoms with Gasteiger partial charge in [0.2, 0.25) is 0 Å². The molecule has 1 aromatic rings. The predicted molar refractivity (Wildman–Crippen MR) is 61.3 cm³/mol. The van der Waals surface area contributed by atoms with Crippen molar-refractivity contribution in [1.29, 1.82) is 0 Å². The van der Waals surface area contributed by atoms with Crippen molar-refractivity contribution in [3.8, 4) is 0 Å². The van der Waals surface area contributed by atoms with Crippen LogP contribution in [-0.2, 0) is 6.54 Å². The number of hydrogen-bond acceptors (Lipinski definition) is 4. The Labute approximate surface area is 109 Å². The highest BCUT2D eigenvalue weighted by molar-refractivity contribution is 4.97. The summed E-state index contributed by atoms with van der Waals surface area (Å²) in [6.07, 6.45) is -1.07. The molecule has 2 fully saturated rings. The minimum Gasteiger partial charge on any atom is -0.451 e. The minimum atomic E-state index is -4.08. The Morgan fingerprint density at radius 1 is 1.16 bits per heavy atom. The van der Waals surface area contributed by atoms with Gasteiger partial charge in [0.1, 0.15) is 6.26 Å². The maximum Gasteiger partial charge on any atom is 0.401 e. The number of likely N-dealkylation sites (tertiary alicyclic amines) is 2. The first-order valence-electron chi connectivity index (χ1n) is 6.38. The van der Waals surface area contributed by atoms with Crippen LogP contribution in [0.5, 0.6) is 0 Å². The van der Waals surface area contributed by atoms with Crippen LogP contribution in [0.15, 0.2) is 17.1 Å². The normalized spacial score (nSPS) is 29.0. The third-order valence-corrected chi connectivity index (χ3v) is 3.91. The van der Waals surface area contributed by atoms with E-state index in [1.54, 1.807) is 6.26 Å². The van der Waals surface area contributed by atoms with Crippen molar-refractivity contribution in [1.82, 2.24) is 14.8 Å². The summed E-state index contributed by atoms with van der Waals surface area (Å²) in [5.41, 5.74) is 0.882. The maximum absolute atomic E-state index is 12.3. The molecule has 3 heterocycles. The van der Waals surface area contributed by atoms with Crippen LogP contribution in [0, 0.1) is 11.8 Å². The summed E-state index contributed by atoms with van der Waals surface area (Å²) in [4.78, 5) is 7.85. The van der Waals surface area contributed by atoms with Crippen LogP contribution < -0.4 is 0 Å². The van der Waals surface area contributed by atoms with E-state index >= 15 is 0 Å². The van der Waals surface area contributed by atoms with Crippen LogP contribution >= 0.6 is 0 Å². The van der Waals surface area contributed by atoms with E-state index < -0.39 is 12.7 Å². The highest BCUT2D eigenvalue weighted by Crippen LogP contribution is 2.33. The lowest BCUT2D eigenvalue weighted by Gasteiger charge is -2.21. The van der Waals surface area contributed by atoms with Gasteiger partial charge in [-0.25, -0.2) is 4.98 Å². The molecule has 0 saturated carbocycles. The molecule has 0 aromatic carbocycles. The molecule has 0 spiro atoms.